The molecule has 1 rings (SSSR count). The number of hydrogen-bond acceptors (Lipinski definition) is 3. The van der Waals surface area contributed by atoms with Gasteiger partial charge in [0.25, 0.3) is 0 Å². The van der Waals surface area contributed by atoms with Gasteiger partial charge in [0, 0.05) is 11.1 Å². The van der Waals surface area contributed by atoms with E-state index in [1.165, 1.54) is 11.5 Å². The van der Waals surface area contributed by atoms with Crippen molar-refractivity contribution in [1.29, 1.82) is 0 Å². The summed E-state index contributed by atoms with van der Waals surface area (Å²) < 4.78 is 0.844. The van der Waals surface area contributed by atoms with Crippen molar-refractivity contribution in [3.63, 3.8) is 0 Å². The molecule has 0 spiro atoms. The fourth-order valence-electron chi connectivity index (χ4n) is 2.28. The number of quaternary nitrogens is 1. The zero-order valence-corrected chi connectivity index (χ0v) is 14.5. The van der Waals surface area contributed by atoms with Crippen LogP contribution in [0.25, 0.3) is 0 Å². The molecule has 1 saturated heterocycles. The number of hydroxylamine groups is 2. The quantitative estimate of drug-likeness (QED) is 0.650. The molecule has 1 fully saturated rings. The summed E-state index contributed by atoms with van der Waals surface area (Å²) in [4.78, 5) is 0. The van der Waals surface area contributed by atoms with Gasteiger partial charge in [-0.25, -0.2) is 0 Å². The lowest BCUT2D eigenvalue weighted by atomic mass is 9.82. The lowest BCUT2D eigenvalue weighted by molar-refractivity contribution is -0.870. The Morgan fingerprint density at radius 2 is 1.37 bits per heavy atom. The molecule has 2 N–H and O–H groups in total. The van der Waals surface area contributed by atoms with E-state index in [4.69, 9.17) is 5.11 Å². The van der Waals surface area contributed by atoms with Crippen molar-refractivity contribution in [2.45, 2.75) is 58.0 Å². The Hall–Kier alpha value is 0.130. The van der Waals surface area contributed by atoms with Crippen molar-refractivity contribution < 1.29 is 27.2 Å². The SMILES string of the molecule is CC1(C)CCCC(C)(C)N1O.C[N+](C)(C)CCO.[Cl-]. The van der Waals surface area contributed by atoms with Gasteiger partial charge < -0.3 is 27.2 Å². The van der Waals surface area contributed by atoms with Crippen LogP contribution in [-0.2, 0) is 0 Å². The first kappa shape index (κ1) is 21.4. The minimum atomic E-state index is -0.0399. The van der Waals surface area contributed by atoms with Crippen LogP contribution in [0.4, 0.5) is 0 Å². The van der Waals surface area contributed by atoms with Crippen LogP contribution in [-0.4, -0.2) is 65.2 Å². The first-order valence-electron chi connectivity index (χ1n) is 6.83. The fourth-order valence-corrected chi connectivity index (χ4v) is 2.28. The van der Waals surface area contributed by atoms with Crippen LogP contribution in [0.1, 0.15) is 47.0 Å². The Bertz CT molecular complexity index is 234. The molecule has 4 nitrogen and oxygen atoms in total. The summed E-state index contributed by atoms with van der Waals surface area (Å²) in [6, 6.07) is 0. The summed E-state index contributed by atoms with van der Waals surface area (Å²) in [6.07, 6.45) is 3.40. The van der Waals surface area contributed by atoms with E-state index >= 15 is 0 Å². The van der Waals surface area contributed by atoms with E-state index < -0.39 is 0 Å². The maximum atomic E-state index is 9.80. The summed E-state index contributed by atoms with van der Waals surface area (Å²) >= 11 is 0. The number of nitrogens with zero attached hydrogens (tertiary/aromatic N) is 2. The third-order valence-corrected chi connectivity index (χ3v) is 3.49. The van der Waals surface area contributed by atoms with Crippen LogP contribution in [0.15, 0.2) is 0 Å². The van der Waals surface area contributed by atoms with Crippen LogP contribution in [0.2, 0.25) is 0 Å². The summed E-state index contributed by atoms with van der Waals surface area (Å²) in [7, 11) is 6.16. The molecule has 0 bridgehead atoms. The second-order valence-corrected chi connectivity index (χ2v) is 7.53. The largest absolute Gasteiger partial charge is 1.00 e. The van der Waals surface area contributed by atoms with Crippen molar-refractivity contribution in [1.82, 2.24) is 5.06 Å². The first-order valence-corrected chi connectivity index (χ1v) is 6.83. The smallest absolute Gasteiger partial charge is 0.101 e. The van der Waals surface area contributed by atoms with Gasteiger partial charge in [0.15, 0.2) is 0 Å². The molecule has 1 heterocycles. The van der Waals surface area contributed by atoms with E-state index in [1.54, 1.807) is 0 Å². The van der Waals surface area contributed by atoms with Gasteiger partial charge in [0.05, 0.1) is 27.7 Å². The Balaban J connectivity index is 0. The molecule has 1 aliphatic heterocycles. The summed E-state index contributed by atoms with van der Waals surface area (Å²) in [5.41, 5.74) is -0.0799. The van der Waals surface area contributed by atoms with Crippen LogP contribution in [0.5, 0.6) is 0 Å². The monoisotopic (exact) mass is 296 g/mol. The Labute approximate surface area is 125 Å². The van der Waals surface area contributed by atoms with E-state index in [2.05, 4.69) is 48.8 Å². The molecule has 0 saturated carbocycles. The molecule has 19 heavy (non-hydrogen) atoms. The number of rotatable bonds is 2. The zero-order valence-electron chi connectivity index (χ0n) is 13.7. The number of hydrogen-bond donors (Lipinski definition) is 2. The predicted molar refractivity (Wildman–Crippen MR) is 75.6 cm³/mol. The van der Waals surface area contributed by atoms with Crippen molar-refractivity contribution in [2.75, 3.05) is 34.3 Å². The molecule has 0 aromatic heterocycles. The van der Waals surface area contributed by atoms with E-state index in [-0.39, 0.29) is 30.1 Å². The van der Waals surface area contributed by atoms with E-state index in [9.17, 15) is 5.21 Å². The summed E-state index contributed by atoms with van der Waals surface area (Å²) in [5.74, 6) is 0. The van der Waals surface area contributed by atoms with Crippen molar-refractivity contribution in [2.24, 2.45) is 0 Å². The van der Waals surface area contributed by atoms with E-state index in [0.717, 1.165) is 23.9 Å². The Morgan fingerprint density at radius 1 is 1.00 bits per heavy atom. The van der Waals surface area contributed by atoms with Gasteiger partial charge in [-0.15, -0.1) is 0 Å². The minimum absolute atomic E-state index is 0. The molecule has 0 aromatic rings. The second kappa shape index (κ2) is 7.79. The minimum Gasteiger partial charge on any atom is -1.00 e. The standard InChI is InChI=1S/C9H19NO.C5H14NO.ClH/c1-8(2)6-5-7-9(3,4)10(8)11;1-6(2,3)4-5-7;/h11H,5-7H2,1-4H3;7H,4-5H2,1-3H3;1H/q;+1;/p-1. The molecular formula is C14H33ClN2O2. The van der Waals surface area contributed by atoms with Gasteiger partial charge in [0.1, 0.15) is 6.54 Å². The number of halogens is 1. The van der Waals surface area contributed by atoms with Gasteiger partial charge in [0.2, 0.25) is 0 Å². The number of aliphatic hydroxyl groups is 1. The lowest BCUT2D eigenvalue weighted by Gasteiger charge is -2.48. The molecule has 0 amide bonds. The van der Waals surface area contributed by atoms with Gasteiger partial charge >= 0.3 is 0 Å². The molecule has 0 aliphatic carbocycles. The third kappa shape index (κ3) is 8.10. The maximum Gasteiger partial charge on any atom is 0.101 e. The maximum absolute atomic E-state index is 9.80. The molecule has 0 atom stereocenters. The first-order chi connectivity index (χ1) is 7.92. The molecule has 5 heteroatoms. The molecule has 1 aliphatic rings. The van der Waals surface area contributed by atoms with E-state index in [1.807, 2.05) is 0 Å². The summed E-state index contributed by atoms with van der Waals surface area (Å²) in [6.45, 7) is 9.48. The lowest BCUT2D eigenvalue weighted by Crippen LogP contribution is -3.00. The Morgan fingerprint density at radius 3 is 1.53 bits per heavy atom. The highest BCUT2D eigenvalue weighted by Gasteiger charge is 2.40. The van der Waals surface area contributed by atoms with Crippen LogP contribution < -0.4 is 12.4 Å². The van der Waals surface area contributed by atoms with Crippen molar-refractivity contribution >= 4 is 0 Å². The summed E-state index contributed by atoms with van der Waals surface area (Å²) in [5, 5.41) is 19.7. The highest BCUT2D eigenvalue weighted by atomic mass is 35.5. The van der Waals surface area contributed by atoms with Gasteiger partial charge in [-0.2, -0.15) is 5.06 Å². The number of aliphatic hydroxyl groups excluding tert-OH is 1. The van der Waals surface area contributed by atoms with Gasteiger partial charge in [-0.3, -0.25) is 0 Å². The van der Waals surface area contributed by atoms with Crippen LogP contribution in [0, 0.1) is 0 Å². The number of piperidine rings is 1. The normalized spacial score (nSPS) is 21.9. The molecule has 0 unspecified atom stereocenters. The molecule has 0 radical (unpaired) electrons. The second-order valence-electron chi connectivity index (χ2n) is 7.53. The highest BCUT2D eigenvalue weighted by Crippen LogP contribution is 2.35. The average Bonchev–Trinajstić information content (AvgIpc) is 2.13. The van der Waals surface area contributed by atoms with Gasteiger partial charge in [-0.05, 0) is 47.0 Å². The predicted octanol–water partition coefficient (Wildman–Crippen LogP) is -0.892. The topological polar surface area (TPSA) is 43.7 Å². The average molecular weight is 297 g/mol. The van der Waals surface area contributed by atoms with Gasteiger partial charge in [-0.1, -0.05) is 0 Å². The highest BCUT2D eigenvalue weighted by molar-refractivity contribution is 4.91. The Kier molecular flexibility index (Phi) is 8.79. The molecule has 118 valence electrons. The number of likely N-dealkylation sites (N-methyl/N-ethyl adjacent to an activating group) is 1. The van der Waals surface area contributed by atoms with Crippen molar-refractivity contribution in [3.8, 4) is 0 Å². The van der Waals surface area contributed by atoms with E-state index in [0.29, 0.717) is 0 Å². The fraction of sp³-hybridized carbons (Fsp3) is 1.00. The molecule has 0 aromatic carbocycles. The van der Waals surface area contributed by atoms with Crippen LogP contribution in [0.3, 0.4) is 0 Å². The zero-order chi connectivity index (χ0) is 14.6. The third-order valence-electron chi connectivity index (χ3n) is 3.49. The van der Waals surface area contributed by atoms with Crippen molar-refractivity contribution in [3.05, 3.63) is 0 Å². The molecular weight excluding hydrogens is 264 g/mol. The van der Waals surface area contributed by atoms with Crippen LogP contribution >= 0.6 is 0 Å².